The van der Waals surface area contributed by atoms with E-state index in [-0.39, 0.29) is 50.3 Å². The Kier molecular flexibility index (Phi) is 10.00. The minimum absolute atomic E-state index is 0.0486. The lowest BCUT2D eigenvalue weighted by Crippen LogP contribution is -2.47. The number of aromatic nitrogens is 2. The van der Waals surface area contributed by atoms with Crippen LogP contribution in [0.25, 0.3) is 22.3 Å². The number of esters is 4. The smallest absolute Gasteiger partial charge is 0.355 e. The monoisotopic (exact) mass is 738 g/mol. The van der Waals surface area contributed by atoms with Gasteiger partial charge in [0.2, 0.25) is 5.60 Å². The van der Waals surface area contributed by atoms with Crippen molar-refractivity contribution >= 4 is 50.7 Å². The molecule has 0 bridgehead atoms. The van der Waals surface area contributed by atoms with Crippen molar-refractivity contribution in [2.24, 2.45) is 0 Å². The van der Waals surface area contributed by atoms with Crippen LogP contribution in [0.15, 0.2) is 47.3 Å². The van der Waals surface area contributed by atoms with Gasteiger partial charge in [0.1, 0.15) is 25.4 Å². The summed E-state index contributed by atoms with van der Waals surface area (Å²) in [6, 6.07) is 9.22. The van der Waals surface area contributed by atoms with E-state index >= 15 is 0 Å². The van der Waals surface area contributed by atoms with Crippen molar-refractivity contribution in [3.63, 3.8) is 0 Å². The summed E-state index contributed by atoms with van der Waals surface area (Å²) in [6.07, 6.45) is 1.49. The number of benzene rings is 1. The highest BCUT2D eigenvalue weighted by Gasteiger charge is 2.50. The van der Waals surface area contributed by atoms with E-state index in [1.807, 2.05) is 24.3 Å². The number of para-hydroxylation sites is 1. The highest BCUT2D eigenvalue weighted by atomic mass is 79.9. The Morgan fingerprint density at radius 3 is 2.63 bits per heavy atom. The minimum atomic E-state index is -1.77. The maximum absolute atomic E-state index is 14.1. The molecule has 0 radical (unpaired) electrons. The third-order valence-corrected chi connectivity index (χ3v) is 9.32. The van der Waals surface area contributed by atoms with Crippen LogP contribution in [0.4, 0.5) is 0 Å². The van der Waals surface area contributed by atoms with Gasteiger partial charge in [-0.05, 0) is 42.7 Å². The molecule has 5 heterocycles. The standard InChI is InChI=1S/C35H35BrN2O11/c1-4-35(49-30(41)10-7-13-36)25-14-27-32-22(15-38(27)33(42)24(25)17-46-34(35)43)23(21-8-5-6-9-26(21)37-32)16-45-31-12-11-28(47-20(3)40)29(48-31)18-44-19(2)39/h5-6,8-9,11-12,14,28-29,31H,4,7,10,13,15-18H2,1-3H3/t28-,29?,31?,35-/m0/s1. The molecule has 0 N–H and O–H groups in total. The molecule has 0 amide bonds. The fourth-order valence-electron chi connectivity index (χ4n) is 6.41. The lowest BCUT2D eigenvalue weighted by Gasteiger charge is -2.35. The molecular weight excluding hydrogens is 704 g/mol. The molecule has 49 heavy (non-hydrogen) atoms. The average Bonchev–Trinajstić information content (AvgIpc) is 3.45. The number of halogens is 1. The summed E-state index contributed by atoms with van der Waals surface area (Å²) in [5.74, 6) is -2.31. The van der Waals surface area contributed by atoms with Gasteiger partial charge in [-0.15, -0.1) is 0 Å². The minimum Gasteiger partial charge on any atom is -0.463 e. The van der Waals surface area contributed by atoms with Crippen molar-refractivity contribution in [2.75, 3.05) is 11.9 Å². The van der Waals surface area contributed by atoms with Gasteiger partial charge in [0.05, 0.1) is 35.6 Å². The largest absolute Gasteiger partial charge is 0.463 e. The van der Waals surface area contributed by atoms with Gasteiger partial charge >= 0.3 is 23.9 Å². The fraction of sp³-hybridized carbons (Fsp3) is 0.429. The third kappa shape index (κ3) is 6.64. The van der Waals surface area contributed by atoms with Gasteiger partial charge in [-0.3, -0.25) is 19.2 Å². The molecular formula is C35H35BrN2O11. The van der Waals surface area contributed by atoms with Gasteiger partial charge in [-0.1, -0.05) is 41.1 Å². The van der Waals surface area contributed by atoms with Crippen LogP contribution >= 0.6 is 15.9 Å². The molecule has 2 aromatic heterocycles. The van der Waals surface area contributed by atoms with Gasteiger partial charge in [-0.25, -0.2) is 9.78 Å². The number of pyridine rings is 2. The van der Waals surface area contributed by atoms with Crippen LogP contribution < -0.4 is 5.56 Å². The molecule has 6 rings (SSSR count). The highest BCUT2D eigenvalue weighted by molar-refractivity contribution is 9.09. The number of carbonyl (C=O) groups excluding carboxylic acids is 4. The van der Waals surface area contributed by atoms with Gasteiger partial charge in [0.25, 0.3) is 5.56 Å². The summed E-state index contributed by atoms with van der Waals surface area (Å²) in [6.45, 7) is 4.09. The molecule has 0 fully saturated rings. The Hall–Kier alpha value is -4.40. The topological polar surface area (TPSA) is 159 Å². The second kappa shape index (κ2) is 14.2. The Morgan fingerprint density at radius 2 is 1.90 bits per heavy atom. The van der Waals surface area contributed by atoms with Crippen LogP contribution in [-0.4, -0.2) is 63.9 Å². The number of cyclic esters (lactones) is 1. The van der Waals surface area contributed by atoms with Crippen LogP contribution in [0, 0.1) is 0 Å². The number of fused-ring (bicyclic) bond motifs is 5. The zero-order valence-corrected chi connectivity index (χ0v) is 28.8. The molecule has 0 spiro atoms. The van der Waals surface area contributed by atoms with Crippen molar-refractivity contribution in [2.45, 2.75) is 83.9 Å². The Balaban J connectivity index is 1.37. The van der Waals surface area contributed by atoms with Crippen molar-refractivity contribution in [1.82, 2.24) is 9.55 Å². The summed E-state index contributed by atoms with van der Waals surface area (Å²) in [4.78, 5) is 68.3. The molecule has 1 aromatic carbocycles. The summed E-state index contributed by atoms with van der Waals surface area (Å²) in [5.41, 5.74) is 1.60. The predicted molar refractivity (Wildman–Crippen MR) is 176 cm³/mol. The summed E-state index contributed by atoms with van der Waals surface area (Å²) in [7, 11) is 0. The van der Waals surface area contributed by atoms with Crippen molar-refractivity contribution in [3.05, 3.63) is 75.1 Å². The van der Waals surface area contributed by atoms with Crippen LogP contribution in [0.2, 0.25) is 0 Å². The van der Waals surface area contributed by atoms with Crippen molar-refractivity contribution in [3.8, 4) is 11.4 Å². The zero-order valence-electron chi connectivity index (χ0n) is 27.2. The van der Waals surface area contributed by atoms with E-state index in [9.17, 15) is 24.0 Å². The van der Waals surface area contributed by atoms with Gasteiger partial charge in [0, 0.05) is 42.1 Å². The van der Waals surface area contributed by atoms with Crippen LogP contribution in [0.3, 0.4) is 0 Å². The second-order valence-electron chi connectivity index (χ2n) is 11.9. The molecule has 258 valence electrons. The van der Waals surface area contributed by atoms with E-state index in [1.165, 1.54) is 13.8 Å². The first-order valence-corrected chi connectivity index (χ1v) is 17.1. The second-order valence-corrected chi connectivity index (χ2v) is 12.7. The molecule has 14 heteroatoms. The van der Waals surface area contributed by atoms with E-state index in [0.29, 0.717) is 34.2 Å². The molecule has 3 aliphatic heterocycles. The molecule has 3 aliphatic rings. The Labute approximate surface area is 289 Å². The number of alkyl halides is 1. The molecule has 13 nitrogen and oxygen atoms in total. The lowest BCUT2D eigenvalue weighted by atomic mass is 9.85. The van der Waals surface area contributed by atoms with Crippen molar-refractivity contribution < 1.29 is 47.6 Å². The fourth-order valence-corrected chi connectivity index (χ4v) is 6.69. The summed E-state index contributed by atoms with van der Waals surface area (Å²) < 4.78 is 35.6. The molecule has 4 atom stereocenters. The van der Waals surface area contributed by atoms with E-state index < -0.39 is 48.0 Å². The molecule has 3 aromatic rings. The van der Waals surface area contributed by atoms with E-state index in [4.69, 9.17) is 33.4 Å². The number of ether oxygens (including phenoxy) is 6. The SMILES string of the molecule is CC[C@@]1(OC(=O)CCCBr)C(=O)OCc2c1cc1n(c2=O)Cc2c-1nc1ccccc1c2COC1C=C[C@H](OC(C)=O)C(COC(C)=O)O1. The predicted octanol–water partition coefficient (Wildman–Crippen LogP) is 4.10. The van der Waals surface area contributed by atoms with Crippen LogP contribution in [-0.2, 0) is 73.0 Å². The van der Waals surface area contributed by atoms with Crippen LogP contribution in [0.5, 0.6) is 0 Å². The van der Waals surface area contributed by atoms with Gasteiger partial charge in [-0.2, -0.15) is 0 Å². The first-order valence-electron chi connectivity index (χ1n) is 15.9. The average molecular weight is 740 g/mol. The van der Waals surface area contributed by atoms with Gasteiger partial charge < -0.3 is 33.0 Å². The molecule has 0 saturated heterocycles. The number of hydrogen-bond acceptors (Lipinski definition) is 12. The first kappa shape index (κ1) is 34.5. The lowest BCUT2D eigenvalue weighted by molar-refractivity contribution is -0.200. The highest BCUT2D eigenvalue weighted by Crippen LogP contribution is 2.42. The maximum Gasteiger partial charge on any atom is 0.355 e. The van der Waals surface area contributed by atoms with Gasteiger partial charge in [0.15, 0.2) is 6.29 Å². The summed E-state index contributed by atoms with van der Waals surface area (Å²) in [5, 5.41) is 1.40. The maximum atomic E-state index is 14.1. The number of nitrogens with zero attached hydrogens (tertiary/aromatic N) is 2. The third-order valence-electron chi connectivity index (χ3n) is 8.76. The molecule has 0 saturated carbocycles. The van der Waals surface area contributed by atoms with Crippen LogP contribution in [0.1, 0.15) is 62.3 Å². The number of rotatable bonds is 11. The normalized spacial score (nSPS) is 22.1. The Morgan fingerprint density at radius 1 is 1.10 bits per heavy atom. The number of carbonyl (C=O) groups is 4. The van der Waals surface area contributed by atoms with Crippen molar-refractivity contribution in [1.29, 1.82) is 0 Å². The van der Waals surface area contributed by atoms with E-state index in [1.54, 1.807) is 29.7 Å². The van der Waals surface area contributed by atoms with E-state index in [2.05, 4.69) is 15.9 Å². The number of hydrogen-bond donors (Lipinski definition) is 0. The molecule has 2 unspecified atom stereocenters. The first-order chi connectivity index (χ1) is 23.6. The summed E-state index contributed by atoms with van der Waals surface area (Å²) >= 11 is 3.31. The van der Waals surface area contributed by atoms with E-state index in [0.717, 1.165) is 16.5 Å². The quantitative estimate of drug-likeness (QED) is 0.0941. The zero-order chi connectivity index (χ0) is 34.9. The Bertz CT molecular complexity index is 1920. The molecule has 0 aliphatic carbocycles.